The zero-order chi connectivity index (χ0) is 23.6. The van der Waals surface area contributed by atoms with Crippen molar-refractivity contribution >= 4 is 39.8 Å². The number of fused-ring (bicyclic) bond motifs is 2. The van der Waals surface area contributed by atoms with E-state index in [9.17, 15) is 13.2 Å². The molecule has 9 nitrogen and oxygen atoms in total. The van der Waals surface area contributed by atoms with E-state index in [-0.39, 0.29) is 19.6 Å². The van der Waals surface area contributed by atoms with Gasteiger partial charge in [-0.2, -0.15) is 18.2 Å². The Labute approximate surface area is 191 Å². The number of hydrogen-bond donors (Lipinski definition) is 1. The van der Waals surface area contributed by atoms with Gasteiger partial charge < -0.3 is 19.5 Å². The number of alkyl halides is 3. The maximum Gasteiger partial charge on any atom is 0.451 e. The summed E-state index contributed by atoms with van der Waals surface area (Å²) in [6.07, 6.45) is -0.240. The average molecular weight is 484 g/mol. The molecule has 2 aliphatic rings. The van der Waals surface area contributed by atoms with E-state index in [0.717, 1.165) is 54.8 Å². The predicted octanol–water partition coefficient (Wildman–Crippen LogP) is 3.58. The van der Waals surface area contributed by atoms with E-state index in [0.29, 0.717) is 18.3 Å². The summed E-state index contributed by atoms with van der Waals surface area (Å²) in [4.78, 5) is 24.4. The Kier molecular flexibility index (Phi) is 6.68. The number of aromatic nitrogens is 5. The molecule has 1 saturated heterocycles. The van der Waals surface area contributed by atoms with Crippen LogP contribution < -0.4 is 9.80 Å². The second-order valence-electron chi connectivity index (χ2n) is 7.84. The molecule has 0 aliphatic carbocycles. The number of halogens is 3. The summed E-state index contributed by atoms with van der Waals surface area (Å²) in [7, 11) is 0. The summed E-state index contributed by atoms with van der Waals surface area (Å²) in [5.74, 6) is 0.877. The number of hydrogen-bond acceptors (Lipinski definition) is 8. The largest absolute Gasteiger partial charge is 0.483 e. The van der Waals surface area contributed by atoms with Gasteiger partial charge in [-0.05, 0) is 25.3 Å². The van der Waals surface area contributed by atoms with Crippen molar-refractivity contribution in [1.82, 2.24) is 24.7 Å². The van der Waals surface area contributed by atoms with Crippen molar-refractivity contribution in [2.45, 2.75) is 51.9 Å². The van der Waals surface area contributed by atoms with Crippen LogP contribution in [-0.2, 0) is 30.5 Å². The fourth-order valence-electron chi connectivity index (χ4n) is 4.16. The fourth-order valence-corrected chi connectivity index (χ4v) is 5.28. The summed E-state index contributed by atoms with van der Waals surface area (Å²) in [6, 6.07) is 2.13. The van der Waals surface area contributed by atoms with Crippen molar-refractivity contribution in [3.05, 3.63) is 22.6 Å². The molecule has 5 heterocycles. The third-order valence-corrected chi connectivity index (χ3v) is 6.69. The van der Waals surface area contributed by atoms with Crippen molar-refractivity contribution in [2.24, 2.45) is 0 Å². The van der Waals surface area contributed by atoms with Gasteiger partial charge in [0, 0.05) is 31.1 Å². The van der Waals surface area contributed by atoms with Crippen LogP contribution in [0.15, 0.2) is 6.07 Å². The Bertz CT molecular complexity index is 1120. The Morgan fingerprint density at radius 1 is 1.12 bits per heavy atom. The third-order valence-electron chi connectivity index (χ3n) is 5.60. The molecule has 1 fully saturated rings. The molecule has 0 aromatic carbocycles. The van der Waals surface area contributed by atoms with Gasteiger partial charge in [-0.1, -0.05) is 13.3 Å². The maximum atomic E-state index is 13.2. The topological polar surface area (TPSA) is 100 Å². The van der Waals surface area contributed by atoms with Crippen LogP contribution >= 0.6 is 11.3 Å². The van der Waals surface area contributed by atoms with E-state index < -0.39 is 12.0 Å². The number of aryl methyl sites for hydroxylation is 1. The lowest BCUT2D eigenvalue weighted by Gasteiger charge is -2.30. The highest BCUT2D eigenvalue weighted by Gasteiger charge is 2.39. The van der Waals surface area contributed by atoms with E-state index in [2.05, 4.69) is 28.1 Å². The predicted molar refractivity (Wildman–Crippen MR) is 118 cm³/mol. The first-order valence-electron chi connectivity index (χ1n) is 10.7. The van der Waals surface area contributed by atoms with E-state index in [4.69, 9.17) is 19.9 Å². The number of rotatable bonds is 4. The SMILES string of the molecule is CCCc1cc2c(N3CCn4c(nnc4C(F)(F)F)C3)nc(N3CCCC3)nc2s1.O=CO. The first-order chi connectivity index (χ1) is 15.9. The first-order valence-corrected chi connectivity index (χ1v) is 11.5. The molecular formula is C20H24F3N7O2S. The van der Waals surface area contributed by atoms with Crippen molar-refractivity contribution < 1.29 is 23.1 Å². The highest BCUT2D eigenvalue weighted by molar-refractivity contribution is 7.18. The van der Waals surface area contributed by atoms with E-state index in [1.165, 1.54) is 9.44 Å². The van der Waals surface area contributed by atoms with Crippen LogP contribution in [0.4, 0.5) is 24.9 Å². The standard InChI is InChI=1S/C19H22F3N7S.CH2O2/c1-2-5-12-10-13-15(23-18(24-16(13)30-12)27-6-3-4-7-27)28-8-9-29-14(11-28)25-26-17(29)19(20,21)22;2-1-3/h10H,2-9,11H2,1H3;1H,(H,2,3). The first kappa shape index (κ1) is 23.2. The summed E-state index contributed by atoms with van der Waals surface area (Å²) in [6.45, 7) is 4.59. The molecule has 5 rings (SSSR count). The molecule has 0 saturated carbocycles. The van der Waals surface area contributed by atoms with Gasteiger partial charge in [0.05, 0.1) is 11.9 Å². The molecule has 0 atom stereocenters. The smallest absolute Gasteiger partial charge is 0.451 e. The third kappa shape index (κ3) is 4.72. The molecule has 0 amide bonds. The minimum Gasteiger partial charge on any atom is -0.483 e. The van der Waals surface area contributed by atoms with E-state index in [1.807, 2.05) is 4.90 Å². The van der Waals surface area contributed by atoms with Crippen molar-refractivity contribution in [1.29, 1.82) is 0 Å². The van der Waals surface area contributed by atoms with Crippen LogP contribution in [0.25, 0.3) is 10.2 Å². The van der Waals surface area contributed by atoms with Gasteiger partial charge in [-0.25, -0.2) is 4.98 Å². The minimum absolute atomic E-state index is 0.174. The summed E-state index contributed by atoms with van der Waals surface area (Å²) >= 11 is 1.68. The van der Waals surface area contributed by atoms with Gasteiger partial charge in [0.1, 0.15) is 10.6 Å². The van der Waals surface area contributed by atoms with Gasteiger partial charge >= 0.3 is 6.18 Å². The lowest BCUT2D eigenvalue weighted by molar-refractivity contribution is -0.147. The van der Waals surface area contributed by atoms with Crippen LogP contribution in [0.3, 0.4) is 0 Å². The van der Waals surface area contributed by atoms with Crippen LogP contribution in [0.2, 0.25) is 0 Å². The molecule has 0 radical (unpaired) electrons. The van der Waals surface area contributed by atoms with Crippen LogP contribution in [0, 0.1) is 0 Å². The zero-order valence-electron chi connectivity index (χ0n) is 18.0. The lowest BCUT2D eigenvalue weighted by Crippen LogP contribution is -2.36. The number of nitrogens with zero attached hydrogens (tertiary/aromatic N) is 7. The van der Waals surface area contributed by atoms with Crippen LogP contribution in [0.1, 0.15) is 42.7 Å². The second kappa shape index (κ2) is 9.49. The Hall–Kier alpha value is -2.96. The monoisotopic (exact) mass is 483 g/mol. The Morgan fingerprint density at radius 3 is 2.52 bits per heavy atom. The van der Waals surface area contributed by atoms with Crippen LogP contribution in [0.5, 0.6) is 0 Å². The van der Waals surface area contributed by atoms with E-state index in [1.54, 1.807) is 11.3 Å². The highest BCUT2D eigenvalue weighted by Crippen LogP contribution is 2.36. The van der Waals surface area contributed by atoms with Gasteiger partial charge in [0.25, 0.3) is 6.47 Å². The molecule has 3 aromatic heterocycles. The van der Waals surface area contributed by atoms with Gasteiger partial charge in [0.15, 0.2) is 5.82 Å². The van der Waals surface area contributed by atoms with Crippen molar-refractivity contribution in [2.75, 3.05) is 29.4 Å². The molecule has 2 aliphatic heterocycles. The molecule has 1 N–H and O–H groups in total. The average Bonchev–Trinajstić information content (AvgIpc) is 3.51. The van der Waals surface area contributed by atoms with Gasteiger partial charge in [0.2, 0.25) is 11.8 Å². The summed E-state index contributed by atoms with van der Waals surface area (Å²) in [5.41, 5.74) is 0. The normalized spacial score (nSPS) is 16.0. The maximum absolute atomic E-state index is 13.2. The van der Waals surface area contributed by atoms with Gasteiger partial charge in [-0.15, -0.1) is 21.5 Å². The molecule has 13 heteroatoms. The van der Waals surface area contributed by atoms with Crippen LogP contribution in [-0.4, -0.2) is 55.9 Å². The fraction of sp³-hybridized carbons (Fsp3) is 0.550. The molecule has 0 spiro atoms. The molecular weight excluding hydrogens is 459 g/mol. The quantitative estimate of drug-likeness (QED) is 0.562. The number of thiophene rings is 1. The number of anilines is 2. The molecule has 178 valence electrons. The zero-order valence-corrected chi connectivity index (χ0v) is 18.9. The molecule has 0 unspecified atom stereocenters. The summed E-state index contributed by atoms with van der Waals surface area (Å²) in [5, 5.41) is 15.1. The lowest BCUT2D eigenvalue weighted by atomic mass is 10.2. The minimum atomic E-state index is -4.50. The molecule has 0 bridgehead atoms. The Balaban J connectivity index is 0.000000821. The van der Waals surface area contributed by atoms with Gasteiger partial charge in [-0.3, -0.25) is 4.79 Å². The van der Waals surface area contributed by atoms with E-state index >= 15 is 0 Å². The highest BCUT2D eigenvalue weighted by atomic mass is 32.1. The second-order valence-corrected chi connectivity index (χ2v) is 8.95. The van der Waals surface area contributed by atoms with Crippen molar-refractivity contribution in [3.8, 4) is 0 Å². The molecule has 3 aromatic rings. The Morgan fingerprint density at radius 2 is 1.85 bits per heavy atom. The van der Waals surface area contributed by atoms with Crippen molar-refractivity contribution in [3.63, 3.8) is 0 Å². The number of carboxylic acid groups (broad SMARTS) is 1. The molecule has 33 heavy (non-hydrogen) atoms. The summed E-state index contributed by atoms with van der Waals surface area (Å²) < 4.78 is 40.7. The number of carbonyl (C=O) groups is 1.